The van der Waals surface area contributed by atoms with E-state index in [0.717, 1.165) is 39.1 Å². The van der Waals surface area contributed by atoms with Crippen molar-refractivity contribution in [3.05, 3.63) is 93.1 Å². The van der Waals surface area contributed by atoms with Gasteiger partial charge in [-0.3, -0.25) is 4.79 Å². The molecule has 3 aromatic carbocycles. The van der Waals surface area contributed by atoms with Crippen LogP contribution in [0.15, 0.2) is 76.4 Å². The predicted octanol–water partition coefficient (Wildman–Crippen LogP) is 6.47. The molecule has 2 heterocycles. The van der Waals surface area contributed by atoms with Crippen LogP contribution in [0.25, 0.3) is 0 Å². The lowest BCUT2D eigenvalue weighted by atomic mass is 9.78. The highest BCUT2D eigenvalue weighted by Crippen LogP contribution is 2.47. The van der Waals surface area contributed by atoms with E-state index in [1.54, 1.807) is 0 Å². The van der Waals surface area contributed by atoms with Gasteiger partial charge in [0.15, 0.2) is 17.3 Å². The van der Waals surface area contributed by atoms with Gasteiger partial charge in [0.05, 0.1) is 17.4 Å². The number of allylic oxidation sites excluding steroid dienone is 1. The molecule has 6 rings (SSSR count). The topological polar surface area (TPSA) is 59.6 Å². The van der Waals surface area contributed by atoms with Crippen LogP contribution in [0.5, 0.6) is 11.5 Å². The van der Waals surface area contributed by atoms with Crippen LogP contribution in [-0.4, -0.2) is 12.6 Å². The number of fused-ring (bicyclic) bond motifs is 2. The number of ether oxygens (including phenoxy) is 2. The van der Waals surface area contributed by atoms with E-state index in [1.807, 2.05) is 36.4 Å². The van der Waals surface area contributed by atoms with Crippen LogP contribution in [0.1, 0.15) is 41.5 Å². The Bertz CT molecular complexity index is 1300. The summed E-state index contributed by atoms with van der Waals surface area (Å²) < 4.78 is 12.1. The Morgan fingerprint density at radius 1 is 0.939 bits per heavy atom. The van der Waals surface area contributed by atoms with Gasteiger partial charge in [0.1, 0.15) is 0 Å². The van der Waals surface area contributed by atoms with Crippen molar-refractivity contribution in [3.63, 3.8) is 0 Å². The maximum atomic E-state index is 13.7. The monoisotopic (exact) mass is 502 g/mol. The summed E-state index contributed by atoms with van der Waals surface area (Å²) in [6, 6.07) is 20.2. The summed E-state index contributed by atoms with van der Waals surface area (Å²) in [5.74, 6) is 1.71. The van der Waals surface area contributed by atoms with Crippen molar-refractivity contribution < 1.29 is 14.3 Å². The van der Waals surface area contributed by atoms with E-state index in [0.29, 0.717) is 17.9 Å². The first kappa shape index (κ1) is 20.4. The van der Waals surface area contributed by atoms with Crippen molar-refractivity contribution >= 4 is 33.1 Å². The fourth-order valence-corrected chi connectivity index (χ4v) is 5.51. The number of benzene rings is 3. The molecule has 2 aliphatic heterocycles. The number of anilines is 2. The Morgan fingerprint density at radius 3 is 2.45 bits per heavy atom. The second-order valence-electron chi connectivity index (χ2n) is 8.81. The van der Waals surface area contributed by atoms with E-state index in [4.69, 9.17) is 9.47 Å². The van der Waals surface area contributed by atoms with E-state index in [9.17, 15) is 4.79 Å². The van der Waals surface area contributed by atoms with Gasteiger partial charge >= 0.3 is 0 Å². The number of Topliss-reactive ketones (excluding diaryl/α,β-unsaturated/α-hetero) is 1. The van der Waals surface area contributed by atoms with Crippen molar-refractivity contribution in [2.45, 2.75) is 31.7 Å². The third kappa shape index (κ3) is 3.59. The SMILES string of the molecule is Cc1ccc([C@@H]2CC(=O)C3=C(C2)Nc2ccccc2N[C@@H]3c2cc3c(cc2Br)OCO3)cc1. The number of aryl methyl sites for hydroxylation is 1. The molecule has 166 valence electrons. The molecule has 5 nitrogen and oxygen atoms in total. The molecule has 0 fully saturated rings. The summed E-state index contributed by atoms with van der Waals surface area (Å²) in [4.78, 5) is 13.7. The normalized spacial score (nSPS) is 21.0. The van der Waals surface area contributed by atoms with Gasteiger partial charge < -0.3 is 20.1 Å². The number of hydrogen-bond acceptors (Lipinski definition) is 5. The Morgan fingerprint density at radius 2 is 1.67 bits per heavy atom. The fraction of sp³-hybridized carbons (Fsp3) is 0.222. The zero-order valence-corrected chi connectivity index (χ0v) is 19.7. The molecule has 33 heavy (non-hydrogen) atoms. The molecule has 0 saturated heterocycles. The highest BCUT2D eigenvalue weighted by molar-refractivity contribution is 9.10. The minimum absolute atomic E-state index is 0.149. The molecule has 2 N–H and O–H groups in total. The molecule has 0 saturated carbocycles. The number of carbonyl (C=O) groups is 1. The van der Waals surface area contributed by atoms with Crippen LogP contribution in [0, 0.1) is 6.92 Å². The van der Waals surface area contributed by atoms with Gasteiger partial charge in [-0.1, -0.05) is 57.9 Å². The summed E-state index contributed by atoms with van der Waals surface area (Å²) in [5.41, 5.74) is 7.07. The highest BCUT2D eigenvalue weighted by Gasteiger charge is 2.37. The first-order valence-corrected chi connectivity index (χ1v) is 11.9. The molecule has 0 bridgehead atoms. The molecule has 1 aliphatic carbocycles. The summed E-state index contributed by atoms with van der Waals surface area (Å²) in [7, 11) is 0. The van der Waals surface area contributed by atoms with Crippen molar-refractivity contribution in [3.8, 4) is 11.5 Å². The summed E-state index contributed by atoms with van der Waals surface area (Å²) in [5, 5.41) is 7.23. The van der Waals surface area contributed by atoms with Gasteiger partial charge in [0, 0.05) is 22.2 Å². The number of halogens is 1. The molecule has 0 unspecified atom stereocenters. The van der Waals surface area contributed by atoms with Crippen LogP contribution >= 0.6 is 15.9 Å². The summed E-state index contributed by atoms with van der Waals surface area (Å²) in [6.45, 7) is 2.29. The molecular weight excluding hydrogens is 480 g/mol. The minimum Gasteiger partial charge on any atom is -0.454 e. The quantitative estimate of drug-likeness (QED) is 0.420. The van der Waals surface area contributed by atoms with Crippen LogP contribution < -0.4 is 20.1 Å². The molecule has 0 spiro atoms. The Labute approximate surface area is 200 Å². The average molecular weight is 503 g/mol. The second kappa shape index (κ2) is 7.96. The van der Waals surface area contributed by atoms with E-state index in [1.165, 1.54) is 11.1 Å². The van der Waals surface area contributed by atoms with Gasteiger partial charge in [0.2, 0.25) is 6.79 Å². The average Bonchev–Trinajstić information content (AvgIpc) is 3.18. The number of carbonyl (C=O) groups excluding carboxylic acids is 1. The third-order valence-electron chi connectivity index (χ3n) is 6.66. The molecule has 0 amide bonds. The summed E-state index contributed by atoms with van der Waals surface area (Å²) >= 11 is 3.71. The highest BCUT2D eigenvalue weighted by atomic mass is 79.9. The van der Waals surface area contributed by atoms with E-state index in [-0.39, 0.29) is 24.5 Å². The largest absolute Gasteiger partial charge is 0.454 e. The van der Waals surface area contributed by atoms with Crippen molar-refractivity contribution in [2.24, 2.45) is 0 Å². The van der Waals surface area contributed by atoms with E-state index in [2.05, 4.69) is 57.8 Å². The Balaban J connectivity index is 1.47. The molecule has 6 heteroatoms. The van der Waals surface area contributed by atoms with E-state index >= 15 is 0 Å². The maximum Gasteiger partial charge on any atom is 0.231 e. The predicted molar refractivity (Wildman–Crippen MR) is 132 cm³/mol. The van der Waals surface area contributed by atoms with Crippen molar-refractivity contribution in [2.75, 3.05) is 17.4 Å². The Hall–Kier alpha value is -3.25. The maximum absolute atomic E-state index is 13.7. The van der Waals surface area contributed by atoms with Crippen LogP contribution in [0.2, 0.25) is 0 Å². The first-order chi connectivity index (χ1) is 16.1. The van der Waals surface area contributed by atoms with Gasteiger partial charge in [0.25, 0.3) is 0 Å². The third-order valence-corrected chi connectivity index (χ3v) is 7.35. The van der Waals surface area contributed by atoms with Gasteiger partial charge in [-0.15, -0.1) is 0 Å². The van der Waals surface area contributed by atoms with Gasteiger partial charge in [-0.05, 0) is 54.7 Å². The number of ketones is 1. The standard InChI is InChI=1S/C27H23BrN2O3/c1-15-6-8-16(9-7-15)17-10-22-26(23(31)11-17)27(30-21-5-3-2-4-20(21)29-22)18-12-24-25(13-19(18)28)33-14-32-24/h2-9,12-13,17,27,29-30H,10-11,14H2,1H3/t17-,27+/m0/s1. The van der Waals surface area contributed by atoms with Gasteiger partial charge in [-0.2, -0.15) is 0 Å². The zero-order chi connectivity index (χ0) is 22.5. The minimum atomic E-state index is -0.313. The molecule has 0 aromatic heterocycles. The lowest BCUT2D eigenvalue weighted by molar-refractivity contribution is -0.116. The molecule has 3 aromatic rings. The first-order valence-electron chi connectivity index (χ1n) is 11.1. The number of para-hydroxylation sites is 2. The van der Waals surface area contributed by atoms with Crippen molar-refractivity contribution in [1.29, 1.82) is 0 Å². The number of nitrogens with one attached hydrogen (secondary N) is 2. The molecule has 3 aliphatic rings. The van der Waals surface area contributed by atoms with Gasteiger partial charge in [-0.25, -0.2) is 0 Å². The van der Waals surface area contributed by atoms with E-state index < -0.39 is 0 Å². The Kier molecular flexibility index (Phi) is 4.91. The number of hydrogen-bond donors (Lipinski definition) is 2. The molecule has 2 atom stereocenters. The van der Waals surface area contributed by atoms with Crippen LogP contribution in [0.3, 0.4) is 0 Å². The second-order valence-corrected chi connectivity index (χ2v) is 9.66. The lowest BCUT2D eigenvalue weighted by Gasteiger charge is -2.30. The lowest BCUT2D eigenvalue weighted by Crippen LogP contribution is -2.27. The summed E-state index contributed by atoms with van der Waals surface area (Å²) in [6.07, 6.45) is 1.26. The van der Waals surface area contributed by atoms with Crippen LogP contribution in [0.4, 0.5) is 11.4 Å². The zero-order valence-electron chi connectivity index (χ0n) is 18.2. The smallest absolute Gasteiger partial charge is 0.231 e. The van der Waals surface area contributed by atoms with Crippen LogP contribution in [-0.2, 0) is 4.79 Å². The molecular formula is C27H23BrN2O3. The number of rotatable bonds is 2. The fourth-order valence-electron chi connectivity index (χ4n) is 4.95. The van der Waals surface area contributed by atoms with Crippen molar-refractivity contribution in [1.82, 2.24) is 0 Å². The molecule has 0 radical (unpaired) electrons.